The fourth-order valence-electron chi connectivity index (χ4n) is 3.18. The van der Waals surface area contributed by atoms with E-state index in [1.807, 2.05) is 0 Å². The molecule has 6 unspecified atom stereocenters. The average Bonchev–Trinajstić information content (AvgIpc) is 2.76. The Bertz CT molecular complexity index is 998. The van der Waals surface area contributed by atoms with Crippen molar-refractivity contribution in [3.8, 4) is 0 Å². The third kappa shape index (κ3) is 5.53. The number of hydrogen-bond acceptors (Lipinski definition) is 15. The molecule has 20 nitrogen and oxygen atoms in total. The van der Waals surface area contributed by atoms with E-state index in [1.165, 1.54) is 0 Å². The molecule has 4 rings (SSSR count). The monoisotopic (exact) mass is 590 g/mol. The van der Waals surface area contributed by atoms with Crippen LogP contribution in [0.2, 0.25) is 0 Å². The maximum absolute atomic E-state index is 12.1. The molecule has 3 heterocycles. The molecule has 0 bridgehead atoms. The van der Waals surface area contributed by atoms with E-state index >= 15 is 0 Å². The number of fused-ring (bicyclic) bond motifs is 6. The summed E-state index contributed by atoms with van der Waals surface area (Å²) < 4.78 is 101. The zero-order valence-corrected chi connectivity index (χ0v) is 19.9. The van der Waals surface area contributed by atoms with E-state index in [9.17, 15) is 52.2 Å². The Morgan fingerprint density at radius 1 is 0.500 bits per heavy atom. The van der Waals surface area contributed by atoms with E-state index in [0.29, 0.717) is 0 Å². The number of phosphoric ester groups is 5. The van der Waals surface area contributed by atoms with Gasteiger partial charge < -0.3 is 33.9 Å². The van der Waals surface area contributed by atoms with Gasteiger partial charge in [0.05, 0.1) is 0 Å². The molecule has 0 aromatic carbocycles. The second-order valence-corrected chi connectivity index (χ2v) is 14.6. The van der Waals surface area contributed by atoms with E-state index < -0.39 is 84.3 Å². The van der Waals surface area contributed by atoms with Crippen molar-refractivity contribution in [3.63, 3.8) is 0 Å². The van der Waals surface area contributed by atoms with E-state index in [-0.39, 0.29) is 0 Å². The Hall–Kier alpha value is 0.980. The van der Waals surface area contributed by atoms with Crippen molar-refractivity contribution in [2.24, 2.45) is 0 Å². The Morgan fingerprint density at radius 3 is 1.12 bits per heavy atom. The van der Waals surface area contributed by atoms with Crippen LogP contribution in [0.5, 0.6) is 0 Å². The minimum atomic E-state index is -5.52. The molecule has 186 valence electrons. The molecule has 32 heavy (non-hydrogen) atoms. The van der Waals surface area contributed by atoms with Crippen LogP contribution in [0.3, 0.4) is 0 Å². The van der Waals surface area contributed by atoms with Crippen LogP contribution in [0.4, 0.5) is 0 Å². The van der Waals surface area contributed by atoms with Gasteiger partial charge in [-0.2, -0.15) is 8.62 Å². The van der Waals surface area contributed by atoms with Gasteiger partial charge in [-0.3, -0.25) is 22.6 Å². The highest BCUT2D eigenvalue weighted by atomic mass is 31.3. The lowest BCUT2D eigenvalue weighted by atomic mass is 9.85. The molecule has 4 fully saturated rings. The first-order valence-corrected chi connectivity index (χ1v) is 16.3. The lowest BCUT2D eigenvalue weighted by Crippen LogP contribution is -2.65. The van der Waals surface area contributed by atoms with Crippen LogP contribution in [-0.2, 0) is 62.9 Å². The summed E-state index contributed by atoms with van der Waals surface area (Å²) in [5.41, 5.74) is 0. The topological polar surface area (TPSA) is 290 Å². The predicted molar refractivity (Wildman–Crippen MR) is 90.8 cm³/mol. The summed E-state index contributed by atoms with van der Waals surface area (Å²) in [5.74, 6) is 0. The maximum atomic E-state index is 12.1. The van der Waals surface area contributed by atoms with E-state index in [4.69, 9.17) is 13.6 Å². The fourth-order valence-corrected chi connectivity index (χ4v) is 10.1. The molecular weight excluding hydrogens is 578 g/mol. The highest BCUT2D eigenvalue weighted by Crippen LogP contribution is 2.71. The molecule has 4 aliphatic rings. The van der Waals surface area contributed by atoms with Crippen molar-refractivity contribution in [1.29, 1.82) is 0 Å². The number of phosphoric acid groups is 5. The standard InChI is InChI=1S/C6H12O20P6/c7-27-18-1-2(19-28(8,9)24-27)4-6(23-32(16,17)26-30(12,13)21-4)5-3(1)20-29(10,11)25-31(14,15)22-5/h1-7H,(H,8,9)(H,10,11)(H,12,13)(H,14,15)(H,16,17)/t1-,2-,3+,4+,5+,6-,27?/m0/s1. The normalized spacial score (nSPS) is 61.2. The third-order valence-corrected chi connectivity index (χ3v) is 11.7. The summed E-state index contributed by atoms with van der Waals surface area (Å²) in [4.78, 5) is 58.4. The second-order valence-electron chi connectivity index (χ2n) is 6.25. The molecule has 12 atom stereocenters. The van der Waals surface area contributed by atoms with Crippen molar-refractivity contribution < 1.29 is 92.3 Å². The first-order valence-electron chi connectivity index (χ1n) is 7.72. The van der Waals surface area contributed by atoms with Crippen LogP contribution in [0.25, 0.3) is 0 Å². The minimum absolute atomic E-state index is 2.08. The summed E-state index contributed by atoms with van der Waals surface area (Å²) in [6, 6.07) is 0. The van der Waals surface area contributed by atoms with Crippen LogP contribution in [0, 0.1) is 0 Å². The van der Waals surface area contributed by atoms with Gasteiger partial charge in [-0.25, -0.2) is 27.1 Å². The van der Waals surface area contributed by atoms with Crippen molar-refractivity contribution in [1.82, 2.24) is 0 Å². The lowest BCUT2D eigenvalue weighted by molar-refractivity contribution is -0.184. The van der Waals surface area contributed by atoms with E-state index in [2.05, 4.69) is 26.5 Å². The Balaban J connectivity index is 1.89. The molecule has 3 aliphatic heterocycles. The Morgan fingerprint density at radius 2 is 0.781 bits per heavy atom. The highest BCUT2D eigenvalue weighted by molar-refractivity contribution is 7.62. The fraction of sp³-hybridized carbons (Fsp3) is 1.00. The van der Waals surface area contributed by atoms with Gasteiger partial charge in [0.2, 0.25) is 0 Å². The summed E-state index contributed by atoms with van der Waals surface area (Å²) in [7, 11) is -30.5. The minimum Gasteiger partial charge on any atom is -0.328 e. The molecular formula is C6H12O20P6. The molecule has 0 amide bonds. The molecule has 1 saturated carbocycles. The van der Waals surface area contributed by atoms with Gasteiger partial charge in [0.25, 0.3) is 0 Å². The van der Waals surface area contributed by atoms with Crippen LogP contribution in [0.15, 0.2) is 0 Å². The zero-order chi connectivity index (χ0) is 23.9. The Labute approximate surface area is 177 Å². The van der Waals surface area contributed by atoms with Gasteiger partial charge in [-0.1, -0.05) is 0 Å². The summed E-state index contributed by atoms with van der Waals surface area (Å²) >= 11 is 0. The molecule has 6 N–H and O–H groups in total. The largest absolute Gasteiger partial charge is 0.481 e. The average molecular weight is 590 g/mol. The maximum Gasteiger partial charge on any atom is 0.481 e. The van der Waals surface area contributed by atoms with Crippen molar-refractivity contribution in [3.05, 3.63) is 0 Å². The van der Waals surface area contributed by atoms with Crippen molar-refractivity contribution >= 4 is 47.7 Å². The van der Waals surface area contributed by atoms with Crippen LogP contribution in [-0.4, -0.2) is 66.0 Å². The third-order valence-electron chi connectivity index (χ3n) is 4.02. The molecule has 0 radical (unpaired) electrons. The molecule has 0 spiro atoms. The lowest BCUT2D eigenvalue weighted by Gasteiger charge is -2.45. The van der Waals surface area contributed by atoms with Crippen LogP contribution >= 0.6 is 47.7 Å². The van der Waals surface area contributed by atoms with Crippen LogP contribution < -0.4 is 0 Å². The molecule has 0 aromatic rings. The summed E-state index contributed by atoms with van der Waals surface area (Å²) in [5, 5.41) is 0. The summed E-state index contributed by atoms with van der Waals surface area (Å²) in [6.45, 7) is 0. The highest BCUT2D eigenvalue weighted by Gasteiger charge is 2.67. The zero-order valence-electron chi connectivity index (χ0n) is 14.5. The predicted octanol–water partition coefficient (Wildman–Crippen LogP) is 0.123. The Kier molecular flexibility index (Phi) is 6.72. The molecule has 26 heteroatoms. The van der Waals surface area contributed by atoms with E-state index in [1.54, 1.807) is 0 Å². The quantitative estimate of drug-likeness (QED) is 0.204. The number of rotatable bonds is 0. The first kappa shape index (κ1) is 26.1. The summed E-state index contributed by atoms with van der Waals surface area (Å²) in [6.07, 6.45) is -13.3. The van der Waals surface area contributed by atoms with Crippen LogP contribution in [0.1, 0.15) is 0 Å². The molecule has 0 aromatic heterocycles. The number of hydrogen-bond donors (Lipinski definition) is 6. The first-order chi connectivity index (χ1) is 14.4. The van der Waals surface area contributed by atoms with Gasteiger partial charge in [0.15, 0.2) is 0 Å². The van der Waals surface area contributed by atoms with E-state index in [0.717, 1.165) is 0 Å². The van der Waals surface area contributed by atoms with Gasteiger partial charge in [-0.15, -0.1) is 0 Å². The van der Waals surface area contributed by atoms with Gasteiger partial charge in [0.1, 0.15) is 36.6 Å². The molecule has 1 aliphatic carbocycles. The smallest absolute Gasteiger partial charge is 0.328 e. The van der Waals surface area contributed by atoms with Crippen molar-refractivity contribution in [2.75, 3.05) is 0 Å². The van der Waals surface area contributed by atoms with Gasteiger partial charge >= 0.3 is 47.7 Å². The van der Waals surface area contributed by atoms with Gasteiger partial charge in [-0.05, 0) is 0 Å². The molecule has 3 saturated heterocycles. The van der Waals surface area contributed by atoms with Crippen molar-refractivity contribution in [2.45, 2.75) is 36.6 Å². The van der Waals surface area contributed by atoms with Gasteiger partial charge in [0, 0.05) is 0 Å². The SMILES string of the molecule is O=P1(O)O[C@H]2[C@H](OP(O)O1)[C@H]1OP(=O)(O)OP(=O)(O)O[C@H]1[C@H]1OP(=O)(O)OP(=O)(O)O[C@H]21. The second kappa shape index (κ2) is 8.25.